The molecule has 24 heavy (non-hydrogen) atoms. The first kappa shape index (κ1) is 17.4. The maximum Gasteiger partial charge on any atom is 0.264 e. The molecular formula is C18H27N3O2S. The Bertz CT molecular complexity index is 530. The molecule has 6 heteroatoms. The predicted octanol–water partition coefficient (Wildman–Crippen LogP) is 2.30. The summed E-state index contributed by atoms with van der Waals surface area (Å²) < 4.78 is 0. The van der Waals surface area contributed by atoms with Gasteiger partial charge in [-0.05, 0) is 24.3 Å². The molecule has 0 N–H and O–H groups in total. The SMILES string of the molecule is O=C(CN1CCN(C(=O)c2cccs2)CC1)N1CCCCCCC1. The lowest BCUT2D eigenvalue weighted by Gasteiger charge is -2.35. The second-order valence-electron chi connectivity index (χ2n) is 6.69. The lowest BCUT2D eigenvalue weighted by molar-refractivity contribution is -0.133. The molecule has 1 aromatic rings. The average molecular weight is 350 g/mol. The van der Waals surface area contributed by atoms with E-state index in [1.807, 2.05) is 27.3 Å². The summed E-state index contributed by atoms with van der Waals surface area (Å²) in [6.07, 6.45) is 6.06. The Labute approximate surface area is 148 Å². The number of amides is 2. The van der Waals surface area contributed by atoms with Crippen LogP contribution in [0.1, 0.15) is 41.8 Å². The van der Waals surface area contributed by atoms with Gasteiger partial charge in [0.25, 0.3) is 5.91 Å². The van der Waals surface area contributed by atoms with Gasteiger partial charge in [-0.1, -0.05) is 25.3 Å². The van der Waals surface area contributed by atoms with Crippen molar-refractivity contribution in [1.82, 2.24) is 14.7 Å². The molecule has 5 nitrogen and oxygen atoms in total. The summed E-state index contributed by atoms with van der Waals surface area (Å²) in [5.74, 6) is 0.384. The van der Waals surface area contributed by atoms with Gasteiger partial charge in [0.1, 0.15) is 0 Å². The van der Waals surface area contributed by atoms with Gasteiger partial charge in [-0.25, -0.2) is 0 Å². The van der Waals surface area contributed by atoms with Crippen molar-refractivity contribution < 1.29 is 9.59 Å². The van der Waals surface area contributed by atoms with Crippen LogP contribution in [0.25, 0.3) is 0 Å². The highest BCUT2D eigenvalue weighted by atomic mass is 32.1. The molecule has 0 aliphatic carbocycles. The zero-order valence-corrected chi connectivity index (χ0v) is 15.1. The first-order valence-electron chi connectivity index (χ1n) is 9.07. The van der Waals surface area contributed by atoms with Crippen LogP contribution in [0.2, 0.25) is 0 Å². The summed E-state index contributed by atoms with van der Waals surface area (Å²) in [6.45, 7) is 5.33. The standard InChI is InChI=1S/C18H27N3O2S/c22-17(20-8-4-2-1-3-5-9-20)15-19-10-12-21(13-11-19)18(23)16-7-6-14-24-16/h6-7,14H,1-5,8-13,15H2. The topological polar surface area (TPSA) is 43.9 Å². The van der Waals surface area contributed by atoms with Gasteiger partial charge >= 0.3 is 0 Å². The van der Waals surface area contributed by atoms with E-state index >= 15 is 0 Å². The predicted molar refractivity (Wildman–Crippen MR) is 96.3 cm³/mol. The molecular weight excluding hydrogens is 322 g/mol. The Balaban J connectivity index is 1.44. The van der Waals surface area contributed by atoms with Crippen LogP contribution in [0.3, 0.4) is 0 Å². The third-order valence-corrected chi connectivity index (χ3v) is 5.82. The molecule has 2 aliphatic rings. The van der Waals surface area contributed by atoms with Crippen LogP contribution < -0.4 is 0 Å². The maximum atomic E-state index is 12.5. The van der Waals surface area contributed by atoms with Gasteiger partial charge in [-0.3, -0.25) is 14.5 Å². The second-order valence-corrected chi connectivity index (χ2v) is 7.64. The molecule has 0 bridgehead atoms. The first-order chi connectivity index (χ1) is 11.7. The molecule has 2 fully saturated rings. The summed E-state index contributed by atoms with van der Waals surface area (Å²) in [6, 6.07) is 3.79. The number of carbonyl (C=O) groups is 2. The molecule has 2 amide bonds. The van der Waals surface area contributed by atoms with Crippen LogP contribution in [-0.4, -0.2) is 72.3 Å². The van der Waals surface area contributed by atoms with Crippen molar-refractivity contribution in [3.8, 4) is 0 Å². The Morgan fingerprint density at radius 1 is 0.875 bits per heavy atom. The van der Waals surface area contributed by atoms with Crippen LogP contribution >= 0.6 is 11.3 Å². The fourth-order valence-electron chi connectivity index (χ4n) is 3.45. The minimum atomic E-state index is 0.125. The Morgan fingerprint density at radius 2 is 1.54 bits per heavy atom. The monoisotopic (exact) mass is 349 g/mol. The van der Waals surface area contributed by atoms with Gasteiger partial charge in [0.15, 0.2) is 0 Å². The molecule has 3 heterocycles. The molecule has 0 aromatic carbocycles. The molecule has 0 unspecified atom stereocenters. The largest absolute Gasteiger partial charge is 0.342 e. The van der Waals surface area contributed by atoms with E-state index in [1.165, 1.54) is 30.6 Å². The van der Waals surface area contributed by atoms with E-state index in [2.05, 4.69) is 4.90 Å². The quantitative estimate of drug-likeness (QED) is 0.841. The third kappa shape index (κ3) is 4.57. The Morgan fingerprint density at radius 3 is 2.17 bits per heavy atom. The van der Waals surface area contributed by atoms with Crippen LogP contribution in [0.5, 0.6) is 0 Å². The molecule has 132 valence electrons. The first-order valence-corrected chi connectivity index (χ1v) is 9.95. The zero-order valence-electron chi connectivity index (χ0n) is 14.3. The number of hydrogen-bond acceptors (Lipinski definition) is 4. The molecule has 2 aliphatic heterocycles. The highest BCUT2D eigenvalue weighted by Gasteiger charge is 2.25. The molecule has 0 saturated carbocycles. The fourth-order valence-corrected chi connectivity index (χ4v) is 4.14. The van der Waals surface area contributed by atoms with Crippen molar-refractivity contribution >= 4 is 23.2 Å². The lowest BCUT2D eigenvalue weighted by atomic mass is 10.1. The summed E-state index contributed by atoms with van der Waals surface area (Å²) in [7, 11) is 0. The maximum absolute atomic E-state index is 12.5. The van der Waals surface area contributed by atoms with E-state index in [4.69, 9.17) is 0 Å². The molecule has 2 saturated heterocycles. The van der Waals surface area contributed by atoms with Crippen molar-refractivity contribution in [2.75, 3.05) is 45.8 Å². The number of hydrogen-bond donors (Lipinski definition) is 0. The molecule has 1 aromatic heterocycles. The zero-order chi connectivity index (χ0) is 16.8. The minimum absolute atomic E-state index is 0.125. The van der Waals surface area contributed by atoms with Gasteiger partial charge in [0, 0.05) is 39.3 Å². The second kappa shape index (κ2) is 8.62. The highest BCUT2D eigenvalue weighted by molar-refractivity contribution is 7.12. The van der Waals surface area contributed by atoms with Crippen molar-refractivity contribution in [2.24, 2.45) is 0 Å². The van der Waals surface area contributed by atoms with Gasteiger partial charge in [-0.15, -0.1) is 11.3 Å². The van der Waals surface area contributed by atoms with Crippen molar-refractivity contribution in [3.05, 3.63) is 22.4 Å². The van der Waals surface area contributed by atoms with E-state index in [0.717, 1.165) is 43.9 Å². The van der Waals surface area contributed by atoms with Crippen LogP contribution in [0, 0.1) is 0 Å². The summed E-state index contributed by atoms with van der Waals surface area (Å²) in [5, 5.41) is 1.94. The third-order valence-electron chi connectivity index (χ3n) is 4.96. The van der Waals surface area contributed by atoms with E-state index in [1.54, 1.807) is 0 Å². The Kier molecular flexibility index (Phi) is 6.26. The number of carbonyl (C=O) groups excluding carboxylic acids is 2. The van der Waals surface area contributed by atoms with E-state index in [-0.39, 0.29) is 11.8 Å². The van der Waals surface area contributed by atoms with E-state index < -0.39 is 0 Å². The number of nitrogens with zero attached hydrogens (tertiary/aromatic N) is 3. The highest BCUT2D eigenvalue weighted by Crippen LogP contribution is 2.15. The Hall–Kier alpha value is -1.40. The van der Waals surface area contributed by atoms with Crippen molar-refractivity contribution in [1.29, 1.82) is 0 Å². The fraction of sp³-hybridized carbons (Fsp3) is 0.667. The number of likely N-dealkylation sites (tertiary alicyclic amines) is 1. The van der Waals surface area contributed by atoms with Crippen LogP contribution in [-0.2, 0) is 4.79 Å². The minimum Gasteiger partial charge on any atom is -0.342 e. The summed E-state index contributed by atoms with van der Waals surface area (Å²) in [4.78, 5) is 31.8. The van der Waals surface area contributed by atoms with Crippen LogP contribution in [0.15, 0.2) is 17.5 Å². The van der Waals surface area contributed by atoms with Crippen LogP contribution in [0.4, 0.5) is 0 Å². The van der Waals surface area contributed by atoms with E-state index in [9.17, 15) is 9.59 Å². The lowest BCUT2D eigenvalue weighted by Crippen LogP contribution is -2.51. The van der Waals surface area contributed by atoms with E-state index in [0.29, 0.717) is 19.6 Å². The normalized spacial score (nSPS) is 20.5. The molecule has 3 rings (SSSR count). The van der Waals surface area contributed by atoms with Gasteiger partial charge in [0.05, 0.1) is 11.4 Å². The average Bonchev–Trinajstić information content (AvgIpc) is 3.09. The van der Waals surface area contributed by atoms with Crippen molar-refractivity contribution in [3.63, 3.8) is 0 Å². The molecule has 0 spiro atoms. The van der Waals surface area contributed by atoms with Crippen molar-refractivity contribution in [2.45, 2.75) is 32.1 Å². The number of piperazine rings is 1. The van der Waals surface area contributed by atoms with Gasteiger partial charge in [0.2, 0.25) is 5.91 Å². The summed E-state index contributed by atoms with van der Waals surface area (Å²) in [5.41, 5.74) is 0. The molecule has 0 atom stereocenters. The smallest absolute Gasteiger partial charge is 0.264 e. The van der Waals surface area contributed by atoms with Gasteiger partial charge < -0.3 is 9.80 Å². The molecule has 0 radical (unpaired) electrons. The number of thiophene rings is 1. The number of rotatable bonds is 3. The summed E-state index contributed by atoms with van der Waals surface area (Å²) >= 11 is 1.49. The van der Waals surface area contributed by atoms with Gasteiger partial charge in [-0.2, -0.15) is 0 Å².